The van der Waals surface area contributed by atoms with Gasteiger partial charge in [0.15, 0.2) is 9.84 Å². The topological polar surface area (TPSA) is 74.7 Å². The number of hydrogen-bond acceptors (Lipinski definition) is 3. The Hall–Kier alpha value is -1.48. The van der Waals surface area contributed by atoms with Crippen LogP contribution >= 0.6 is 11.6 Å². The summed E-state index contributed by atoms with van der Waals surface area (Å²) in [6, 6.07) is 2.05. The second kappa shape index (κ2) is 5.62. The van der Waals surface area contributed by atoms with Crippen molar-refractivity contribution in [2.24, 2.45) is 5.92 Å². The highest BCUT2D eigenvalue weighted by Gasteiger charge is 2.36. The highest BCUT2D eigenvalue weighted by atomic mass is 35.5. The molecule has 0 atom stereocenters. The maximum absolute atomic E-state index is 12.5. The van der Waals surface area contributed by atoms with Crippen molar-refractivity contribution in [1.82, 2.24) is 4.90 Å². The molecule has 1 N–H and O–H groups in total. The number of hydrogen-bond donors (Lipinski definition) is 1. The first-order valence-electron chi connectivity index (χ1n) is 6.08. The summed E-state index contributed by atoms with van der Waals surface area (Å²) in [5.74, 6) is -0.749. The minimum atomic E-state index is -4.61. The Kier molecular flexibility index (Phi) is 4.31. The van der Waals surface area contributed by atoms with Gasteiger partial charge in [-0.25, -0.2) is 13.2 Å². The quantitative estimate of drug-likeness (QED) is 0.902. The van der Waals surface area contributed by atoms with Gasteiger partial charge in [0.25, 0.3) is 0 Å². The Morgan fingerprint density at radius 1 is 1.36 bits per heavy atom. The first kappa shape index (κ1) is 16.9. The van der Waals surface area contributed by atoms with Crippen molar-refractivity contribution in [2.75, 3.05) is 18.8 Å². The molecule has 1 aromatic carbocycles. The van der Waals surface area contributed by atoms with Crippen LogP contribution in [0.25, 0.3) is 0 Å². The predicted octanol–water partition coefficient (Wildman–Crippen LogP) is 2.74. The first-order chi connectivity index (χ1) is 10.0. The van der Waals surface area contributed by atoms with Crippen LogP contribution in [-0.2, 0) is 16.0 Å². The lowest BCUT2D eigenvalue weighted by atomic mass is 10.0. The lowest BCUT2D eigenvalue weighted by molar-refractivity contribution is -0.137. The largest absolute Gasteiger partial charge is 0.465 e. The zero-order valence-electron chi connectivity index (χ0n) is 11.0. The summed E-state index contributed by atoms with van der Waals surface area (Å²) in [6.45, 7) is 0.152. The minimum Gasteiger partial charge on any atom is -0.465 e. The van der Waals surface area contributed by atoms with Crippen LogP contribution in [0.5, 0.6) is 0 Å². The van der Waals surface area contributed by atoms with Crippen LogP contribution in [-0.4, -0.2) is 43.4 Å². The molecule has 5 nitrogen and oxygen atoms in total. The molecule has 0 bridgehead atoms. The number of halogens is 4. The van der Waals surface area contributed by atoms with Gasteiger partial charge in [0.1, 0.15) is 0 Å². The third-order valence-electron chi connectivity index (χ3n) is 3.28. The molecule has 0 aliphatic carbocycles. The van der Waals surface area contributed by atoms with E-state index in [4.69, 9.17) is 16.7 Å². The number of alkyl halides is 3. The number of carbonyl (C=O) groups is 1. The predicted molar refractivity (Wildman–Crippen MR) is 71.6 cm³/mol. The molecule has 0 unspecified atom stereocenters. The van der Waals surface area contributed by atoms with Crippen molar-refractivity contribution in [3.63, 3.8) is 0 Å². The Labute approximate surface area is 129 Å². The summed E-state index contributed by atoms with van der Waals surface area (Å²) in [6.07, 6.45) is -5.75. The molecule has 0 radical (unpaired) electrons. The Morgan fingerprint density at radius 2 is 1.95 bits per heavy atom. The van der Waals surface area contributed by atoms with E-state index in [1.54, 1.807) is 0 Å². The van der Waals surface area contributed by atoms with Crippen LogP contribution in [0.3, 0.4) is 0 Å². The molecule has 1 heterocycles. The van der Waals surface area contributed by atoms with E-state index in [1.165, 1.54) is 0 Å². The summed E-state index contributed by atoms with van der Waals surface area (Å²) >= 11 is 5.66. The molecule has 1 amide bonds. The molecule has 0 aromatic heterocycles. The van der Waals surface area contributed by atoms with Crippen LogP contribution in [0, 0.1) is 5.92 Å². The van der Waals surface area contributed by atoms with Crippen molar-refractivity contribution in [3.05, 3.63) is 28.8 Å². The number of likely N-dealkylation sites (tertiary alicyclic amines) is 1. The van der Waals surface area contributed by atoms with E-state index in [1.807, 2.05) is 0 Å². The summed E-state index contributed by atoms with van der Waals surface area (Å²) < 4.78 is 61.9. The van der Waals surface area contributed by atoms with Gasteiger partial charge >= 0.3 is 12.3 Å². The maximum Gasteiger partial charge on any atom is 0.416 e. The van der Waals surface area contributed by atoms with Gasteiger partial charge in [0, 0.05) is 19.0 Å². The highest BCUT2D eigenvalue weighted by Crippen LogP contribution is 2.34. The van der Waals surface area contributed by atoms with Gasteiger partial charge in [0.05, 0.1) is 21.2 Å². The fourth-order valence-electron chi connectivity index (χ4n) is 2.16. The molecule has 1 aliphatic rings. The standard InChI is InChI=1S/C12H11ClF3NO4S/c13-9-3-8(12(14,15)16)1-2-10(9)22(20,21)6-7-4-17(5-7)11(18)19/h1-3,7H,4-6H2,(H,18,19). The molecular formula is C12H11ClF3NO4S. The Morgan fingerprint density at radius 3 is 2.41 bits per heavy atom. The first-order valence-corrected chi connectivity index (χ1v) is 8.11. The average molecular weight is 358 g/mol. The van der Waals surface area contributed by atoms with Gasteiger partial charge < -0.3 is 10.0 Å². The van der Waals surface area contributed by atoms with Gasteiger partial charge in [-0.15, -0.1) is 0 Å². The minimum absolute atomic E-state index is 0.0762. The van der Waals surface area contributed by atoms with E-state index < -0.39 is 32.7 Å². The molecule has 2 rings (SSSR count). The van der Waals surface area contributed by atoms with Gasteiger partial charge in [0.2, 0.25) is 0 Å². The molecule has 0 saturated carbocycles. The van der Waals surface area contributed by atoms with Crippen molar-refractivity contribution in [3.8, 4) is 0 Å². The third-order valence-corrected chi connectivity index (χ3v) is 5.64. The van der Waals surface area contributed by atoms with Crippen molar-refractivity contribution < 1.29 is 31.5 Å². The number of carboxylic acid groups (broad SMARTS) is 1. The van der Waals surface area contributed by atoms with Gasteiger partial charge in [-0.3, -0.25) is 0 Å². The van der Waals surface area contributed by atoms with Crippen molar-refractivity contribution in [2.45, 2.75) is 11.1 Å². The number of benzene rings is 1. The van der Waals surface area contributed by atoms with E-state index in [-0.39, 0.29) is 29.7 Å². The molecule has 1 fully saturated rings. The molecule has 10 heteroatoms. The van der Waals surface area contributed by atoms with E-state index >= 15 is 0 Å². The zero-order chi connectivity index (χ0) is 16.7. The fourth-order valence-corrected chi connectivity index (χ4v) is 4.34. The summed E-state index contributed by atoms with van der Waals surface area (Å²) in [5, 5.41) is 8.17. The van der Waals surface area contributed by atoms with Gasteiger partial charge in [-0.1, -0.05) is 11.6 Å². The molecule has 22 heavy (non-hydrogen) atoms. The highest BCUT2D eigenvalue weighted by molar-refractivity contribution is 7.91. The van der Waals surface area contributed by atoms with E-state index in [9.17, 15) is 26.4 Å². The molecule has 1 aliphatic heterocycles. The van der Waals surface area contributed by atoms with Crippen LogP contribution < -0.4 is 0 Å². The maximum atomic E-state index is 12.5. The number of sulfone groups is 1. The van der Waals surface area contributed by atoms with E-state index in [0.717, 1.165) is 11.0 Å². The van der Waals surface area contributed by atoms with Crippen LogP contribution in [0.2, 0.25) is 5.02 Å². The number of amides is 1. The average Bonchev–Trinajstić information content (AvgIpc) is 2.31. The van der Waals surface area contributed by atoms with Crippen molar-refractivity contribution in [1.29, 1.82) is 0 Å². The van der Waals surface area contributed by atoms with Crippen LogP contribution in [0.4, 0.5) is 18.0 Å². The Bertz CT molecular complexity index is 699. The van der Waals surface area contributed by atoms with E-state index in [2.05, 4.69) is 0 Å². The summed E-state index contributed by atoms with van der Waals surface area (Å²) in [7, 11) is -3.88. The zero-order valence-corrected chi connectivity index (χ0v) is 12.5. The Balaban J connectivity index is 2.15. The monoisotopic (exact) mass is 357 g/mol. The van der Waals surface area contributed by atoms with Crippen LogP contribution in [0.1, 0.15) is 5.56 Å². The SMILES string of the molecule is O=C(O)N1CC(CS(=O)(=O)c2ccc(C(F)(F)F)cc2Cl)C1. The van der Waals surface area contributed by atoms with Gasteiger partial charge in [-0.2, -0.15) is 13.2 Å². The van der Waals surface area contributed by atoms with Crippen molar-refractivity contribution >= 4 is 27.5 Å². The normalized spacial score (nSPS) is 16.5. The van der Waals surface area contributed by atoms with Gasteiger partial charge in [-0.05, 0) is 18.2 Å². The van der Waals surface area contributed by atoms with E-state index in [0.29, 0.717) is 12.1 Å². The number of rotatable bonds is 3. The molecule has 1 saturated heterocycles. The molecule has 122 valence electrons. The fraction of sp³-hybridized carbons (Fsp3) is 0.417. The molecule has 1 aromatic rings. The summed E-state index contributed by atoms with van der Waals surface area (Å²) in [4.78, 5) is 11.3. The van der Waals surface area contributed by atoms with Crippen LogP contribution in [0.15, 0.2) is 23.1 Å². The second-order valence-corrected chi connectivity index (χ2v) is 7.39. The molecular weight excluding hydrogens is 347 g/mol. The lowest BCUT2D eigenvalue weighted by Gasteiger charge is -2.36. The third kappa shape index (κ3) is 3.46. The second-order valence-electron chi connectivity index (χ2n) is 4.98. The number of nitrogens with zero attached hydrogens (tertiary/aromatic N) is 1. The molecule has 0 spiro atoms. The lowest BCUT2D eigenvalue weighted by Crippen LogP contribution is -2.51. The smallest absolute Gasteiger partial charge is 0.416 e. The summed E-state index contributed by atoms with van der Waals surface area (Å²) in [5.41, 5.74) is -1.03.